The zero-order valence-corrected chi connectivity index (χ0v) is 12.1. The van der Waals surface area contributed by atoms with Crippen LogP contribution in [0.2, 0.25) is 5.02 Å². The largest absolute Gasteiger partial charge is 0.324 e. The Morgan fingerprint density at radius 3 is 2.44 bits per heavy atom. The number of rotatable bonds is 4. The fraction of sp³-hybridized carbons (Fsp3) is 0.455. The fourth-order valence-electron chi connectivity index (χ4n) is 1.79. The summed E-state index contributed by atoms with van der Waals surface area (Å²) in [5.74, 6) is 0. The van der Waals surface area contributed by atoms with Crippen molar-refractivity contribution in [2.24, 2.45) is 5.73 Å². The number of sulfonamides is 1. The average molecular weight is 311 g/mol. The molecular weight excluding hydrogens is 295 g/mol. The predicted molar refractivity (Wildman–Crippen MR) is 74.7 cm³/mol. The molecule has 0 radical (unpaired) electrons. The van der Waals surface area contributed by atoms with Crippen LogP contribution in [0, 0.1) is 0 Å². The molecule has 1 fully saturated rings. The van der Waals surface area contributed by atoms with E-state index in [1.807, 2.05) is 0 Å². The number of nitrogens with two attached hydrogens (primary N) is 1. The van der Waals surface area contributed by atoms with Crippen LogP contribution in [0.4, 0.5) is 0 Å². The Labute approximate surface area is 118 Å². The highest BCUT2D eigenvalue weighted by molar-refractivity contribution is 7.89. The Kier molecular flexibility index (Phi) is 5.03. The summed E-state index contributed by atoms with van der Waals surface area (Å²) in [4.78, 5) is 0.101. The minimum absolute atomic E-state index is 0. The van der Waals surface area contributed by atoms with E-state index in [1.54, 1.807) is 18.2 Å². The number of hydrogen-bond acceptors (Lipinski definition) is 3. The van der Waals surface area contributed by atoms with Crippen LogP contribution in [-0.4, -0.2) is 20.5 Å². The second-order valence-electron chi connectivity index (χ2n) is 4.47. The topological polar surface area (TPSA) is 72.2 Å². The zero-order valence-electron chi connectivity index (χ0n) is 9.73. The van der Waals surface area contributed by atoms with E-state index in [9.17, 15) is 8.42 Å². The molecule has 0 aromatic heterocycles. The zero-order chi connectivity index (χ0) is 12.5. The molecule has 1 aliphatic carbocycles. The maximum atomic E-state index is 12.0. The molecule has 1 aromatic rings. The average Bonchev–Trinajstić information content (AvgIpc) is 2.24. The summed E-state index contributed by atoms with van der Waals surface area (Å²) in [5.41, 5.74) is 5.59. The van der Waals surface area contributed by atoms with Crippen molar-refractivity contribution < 1.29 is 8.42 Å². The van der Waals surface area contributed by atoms with Gasteiger partial charge in [0.2, 0.25) is 10.0 Å². The van der Waals surface area contributed by atoms with Crippen molar-refractivity contribution in [2.75, 3.05) is 6.54 Å². The molecule has 7 heteroatoms. The van der Waals surface area contributed by atoms with Gasteiger partial charge in [0.25, 0.3) is 0 Å². The van der Waals surface area contributed by atoms with Gasteiger partial charge in [-0.1, -0.05) is 23.7 Å². The molecule has 0 unspecified atom stereocenters. The van der Waals surface area contributed by atoms with Crippen molar-refractivity contribution in [3.8, 4) is 0 Å². The van der Waals surface area contributed by atoms with Crippen LogP contribution in [-0.2, 0) is 10.0 Å². The maximum absolute atomic E-state index is 12.0. The second-order valence-corrected chi connectivity index (χ2v) is 6.61. The van der Waals surface area contributed by atoms with E-state index in [4.69, 9.17) is 17.3 Å². The van der Waals surface area contributed by atoms with E-state index in [0.29, 0.717) is 0 Å². The molecule has 0 heterocycles. The lowest BCUT2D eigenvalue weighted by molar-refractivity contribution is 0.251. The molecule has 0 saturated heterocycles. The van der Waals surface area contributed by atoms with E-state index in [1.165, 1.54) is 6.07 Å². The Bertz CT molecular complexity index is 516. The van der Waals surface area contributed by atoms with Gasteiger partial charge in [-0.05, 0) is 31.4 Å². The monoisotopic (exact) mass is 310 g/mol. The third-order valence-electron chi connectivity index (χ3n) is 3.09. The number of halogens is 2. The molecule has 0 aliphatic heterocycles. The van der Waals surface area contributed by atoms with Gasteiger partial charge in [-0.15, -0.1) is 12.4 Å². The highest BCUT2D eigenvalue weighted by Gasteiger charge is 2.33. The third kappa shape index (κ3) is 3.36. The second kappa shape index (κ2) is 5.75. The molecule has 2 rings (SSSR count). The van der Waals surface area contributed by atoms with E-state index >= 15 is 0 Å². The molecule has 0 atom stereocenters. The van der Waals surface area contributed by atoms with Gasteiger partial charge < -0.3 is 5.73 Å². The number of benzene rings is 1. The van der Waals surface area contributed by atoms with Crippen LogP contribution < -0.4 is 10.5 Å². The van der Waals surface area contributed by atoms with E-state index in [-0.39, 0.29) is 34.4 Å². The quantitative estimate of drug-likeness (QED) is 0.892. The first-order valence-corrected chi connectivity index (χ1v) is 7.32. The molecule has 0 bridgehead atoms. The number of nitrogens with one attached hydrogen (secondary N) is 1. The molecule has 18 heavy (non-hydrogen) atoms. The highest BCUT2D eigenvalue weighted by atomic mass is 35.5. The Morgan fingerprint density at radius 2 is 1.94 bits per heavy atom. The third-order valence-corrected chi connectivity index (χ3v) is 4.99. The first kappa shape index (κ1) is 15.7. The van der Waals surface area contributed by atoms with Crippen molar-refractivity contribution >= 4 is 34.0 Å². The van der Waals surface area contributed by atoms with Gasteiger partial charge >= 0.3 is 0 Å². The van der Waals surface area contributed by atoms with Gasteiger partial charge in [-0.3, -0.25) is 0 Å². The van der Waals surface area contributed by atoms with Gasteiger partial charge in [0.1, 0.15) is 4.90 Å². The molecule has 102 valence electrons. The van der Waals surface area contributed by atoms with Crippen molar-refractivity contribution in [2.45, 2.75) is 29.7 Å². The summed E-state index contributed by atoms with van der Waals surface area (Å²) < 4.78 is 26.5. The van der Waals surface area contributed by atoms with Crippen LogP contribution in [0.15, 0.2) is 29.2 Å². The first-order chi connectivity index (χ1) is 7.93. The summed E-state index contributed by atoms with van der Waals surface area (Å²) in [7, 11) is -3.56. The summed E-state index contributed by atoms with van der Waals surface area (Å²) >= 11 is 5.86. The molecule has 1 saturated carbocycles. The van der Waals surface area contributed by atoms with Crippen LogP contribution in [0.3, 0.4) is 0 Å². The molecule has 1 aromatic carbocycles. The molecular formula is C11H16Cl2N2O2S. The lowest BCUT2D eigenvalue weighted by Gasteiger charge is -2.38. The van der Waals surface area contributed by atoms with E-state index in [2.05, 4.69) is 4.72 Å². The lowest BCUT2D eigenvalue weighted by Crippen LogP contribution is -2.54. The lowest BCUT2D eigenvalue weighted by atomic mass is 9.78. The van der Waals surface area contributed by atoms with Crippen LogP contribution in [0.1, 0.15) is 19.3 Å². The van der Waals surface area contributed by atoms with E-state index < -0.39 is 10.0 Å². The summed E-state index contributed by atoms with van der Waals surface area (Å²) in [5, 5.41) is 0.222. The molecule has 3 N–H and O–H groups in total. The molecule has 0 spiro atoms. The van der Waals surface area contributed by atoms with Crippen LogP contribution in [0.25, 0.3) is 0 Å². The SMILES string of the molecule is Cl.NC1(CNS(=O)(=O)c2ccccc2Cl)CCC1. The minimum atomic E-state index is -3.56. The summed E-state index contributed by atoms with van der Waals surface area (Å²) in [6, 6.07) is 6.37. The predicted octanol–water partition coefficient (Wildman–Crippen LogP) is 1.92. The van der Waals surface area contributed by atoms with Gasteiger partial charge in [0.05, 0.1) is 5.02 Å². The van der Waals surface area contributed by atoms with Crippen LogP contribution >= 0.6 is 24.0 Å². The summed E-state index contributed by atoms with van der Waals surface area (Å²) in [6.07, 6.45) is 2.78. The van der Waals surface area contributed by atoms with E-state index in [0.717, 1.165) is 19.3 Å². The molecule has 0 amide bonds. The highest BCUT2D eigenvalue weighted by Crippen LogP contribution is 2.29. The van der Waals surface area contributed by atoms with Gasteiger partial charge in [-0.2, -0.15) is 0 Å². The standard InChI is InChI=1S/C11H15ClN2O2S.ClH/c12-9-4-1-2-5-10(9)17(15,16)14-8-11(13)6-3-7-11;/h1-2,4-5,14H,3,6-8,13H2;1H. The Hall–Kier alpha value is -0.330. The number of hydrogen-bond donors (Lipinski definition) is 2. The normalized spacial score (nSPS) is 17.7. The fourth-order valence-corrected chi connectivity index (χ4v) is 3.44. The van der Waals surface area contributed by atoms with Crippen molar-refractivity contribution in [1.82, 2.24) is 4.72 Å². The van der Waals surface area contributed by atoms with Gasteiger partial charge in [-0.25, -0.2) is 13.1 Å². The van der Waals surface area contributed by atoms with Crippen molar-refractivity contribution in [1.29, 1.82) is 0 Å². The minimum Gasteiger partial charge on any atom is -0.324 e. The Balaban J connectivity index is 0.00000162. The van der Waals surface area contributed by atoms with Crippen LogP contribution in [0.5, 0.6) is 0 Å². The van der Waals surface area contributed by atoms with Crippen molar-refractivity contribution in [3.05, 3.63) is 29.3 Å². The van der Waals surface area contributed by atoms with Crippen molar-refractivity contribution in [3.63, 3.8) is 0 Å². The smallest absolute Gasteiger partial charge is 0.242 e. The molecule has 1 aliphatic rings. The Morgan fingerprint density at radius 1 is 1.33 bits per heavy atom. The van der Waals surface area contributed by atoms with Gasteiger partial charge in [0, 0.05) is 12.1 Å². The maximum Gasteiger partial charge on any atom is 0.242 e. The molecule has 4 nitrogen and oxygen atoms in total. The summed E-state index contributed by atoms with van der Waals surface area (Å²) in [6.45, 7) is 0.264. The first-order valence-electron chi connectivity index (χ1n) is 5.46. The van der Waals surface area contributed by atoms with Gasteiger partial charge in [0.15, 0.2) is 0 Å².